The first kappa shape index (κ1) is 14.7. The Morgan fingerprint density at radius 3 is 2.60 bits per heavy atom. The summed E-state index contributed by atoms with van der Waals surface area (Å²) in [5.74, 6) is 0. The number of likely N-dealkylation sites (N-methyl/N-ethyl adjacent to an activating group) is 1. The van der Waals surface area contributed by atoms with Crippen molar-refractivity contribution in [1.29, 1.82) is 0 Å². The normalized spacial score (nSPS) is 12.8. The quantitative estimate of drug-likeness (QED) is 0.564. The van der Waals surface area contributed by atoms with E-state index in [9.17, 15) is 4.79 Å². The molecule has 0 bridgehead atoms. The highest BCUT2D eigenvalue weighted by atomic mass is 16.1. The second kappa shape index (κ2) is 7.20. The van der Waals surface area contributed by atoms with Crippen LogP contribution >= 0.6 is 0 Å². The fourth-order valence-corrected chi connectivity index (χ4v) is 2.70. The molecule has 0 radical (unpaired) electrons. The first-order chi connectivity index (χ1) is 9.72. The monoisotopic (exact) mass is 269 g/mol. The molecule has 2 heteroatoms. The minimum Gasteiger partial charge on any atom is -0.306 e. The lowest BCUT2D eigenvalue weighted by Gasteiger charge is -2.24. The molecule has 0 aliphatic carbocycles. The fourth-order valence-electron chi connectivity index (χ4n) is 2.70. The Kier molecular flexibility index (Phi) is 5.31. The molecule has 0 N–H and O–H groups in total. The van der Waals surface area contributed by atoms with Gasteiger partial charge in [-0.15, -0.1) is 0 Å². The third-order valence-corrected chi connectivity index (χ3v) is 3.93. The molecule has 0 heterocycles. The SMILES string of the molecule is CN(C)C(CCCC=O)Cc1cccc2ccccc12. The molecule has 0 spiro atoms. The molecule has 106 valence electrons. The van der Waals surface area contributed by atoms with Crippen molar-refractivity contribution in [3.8, 4) is 0 Å². The highest BCUT2D eigenvalue weighted by molar-refractivity contribution is 5.85. The van der Waals surface area contributed by atoms with Crippen LogP contribution < -0.4 is 0 Å². The van der Waals surface area contributed by atoms with E-state index in [1.807, 2.05) is 0 Å². The van der Waals surface area contributed by atoms with E-state index in [-0.39, 0.29) is 0 Å². The molecule has 0 fully saturated rings. The Bertz CT molecular complexity index is 557. The Hall–Kier alpha value is -1.67. The number of rotatable bonds is 7. The zero-order chi connectivity index (χ0) is 14.4. The number of fused-ring (bicyclic) bond motifs is 1. The number of benzene rings is 2. The van der Waals surface area contributed by atoms with Gasteiger partial charge in [0.1, 0.15) is 6.29 Å². The number of aldehydes is 1. The number of hydrogen-bond donors (Lipinski definition) is 0. The molecular formula is C18H23NO. The molecule has 2 aromatic carbocycles. The molecule has 0 aromatic heterocycles. The van der Waals surface area contributed by atoms with Gasteiger partial charge >= 0.3 is 0 Å². The fraction of sp³-hybridized carbons (Fsp3) is 0.389. The molecule has 2 nitrogen and oxygen atoms in total. The molecule has 1 atom stereocenters. The van der Waals surface area contributed by atoms with E-state index < -0.39 is 0 Å². The summed E-state index contributed by atoms with van der Waals surface area (Å²) in [4.78, 5) is 12.7. The largest absolute Gasteiger partial charge is 0.306 e. The van der Waals surface area contributed by atoms with E-state index in [0.717, 1.165) is 25.5 Å². The van der Waals surface area contributed by atoms with Crippen molar-refractivity contribution in [1.82, 2.24) is 4.90 Å². The van der Waals surface area contributed by atoms with Gasteiger partial charge in [0, 0.05) is 12.5 Å². The Labute approximate surface area is 121 Å². The molecule has 0 amide bonds. The Balaban J connectivity index is 2.17. The van der Waals surface area contributed by atoms with E-state index in [1.165, 1.54) is 16.3 Å². The van der Waals surface area contributed by atoms with Gasteiger partial charge in [-0.3, -0.25) is 0 Å². The summed E-state index contributed by atoms with van der Waals surface area (Å²) in [6.07, 6.45) is 4.75. The van der Waals surface area contributed by atoms with Crippen molar-refractivity contribution in [2.45, 2.75) is 31.7 Å². The van der Waals surface area contributed by atoms with Crippen LogP contribution in [0.3, 0.4) is 0 Å². The number of nitrogens with zero attached hydrogens (tertiary/aromatic N) is 1. The molecule has 1 unspecified atom stereocenters. The highest BCUT2D eigenvalue weighted by Crippen LogP contribution is 2.22. The van der Waals surface area contributed by atoms with Crippen molar-refractivity contribution in [3.63, 3.8) is 0 Å². The minimum absolute atomic E-state index is 0.487. The maximum Gasteiger partial charge on any atom is 0.119 e. The maximum absolute atomic E-state index is 10.5. The lowest BCUT2D eigenvalue weighted by molar-refractivity contribution is -0.108. The lowest BCUT2D eigenvalue weighted by Crippen LogP contribution is -2.30. The summed E-state index contributed by atoms with van der Waals surface area (Å²) in [7, 11) is 4.24. The van der Waals surface area contributed by atoms with E-state index in [1.54, 1.807) is 0 Å². The van der Waals surface area contributed by atoms with Crippen LogP contribution in [0.15, 0.2) is 42.5 Å². The van der Waals surface area contributed by atoms with Crippen LogP contribution in [-0.2, 0) is 11.2 Å². The van der Waals surface area contributed by atoms with Crippen LogP contribution in [0.25, 0.3) is 10.8 Å². The summed E-state index contributed by atoms with van der Waals surface area (Å²) < 4.78 is 0. The van der Waals surface area contributed by atoms with Gasteiger partial charge in [-0.05, 0) is 49.7 Å². The van der Waals surface area contributed by atoms with Gasteiger partial charge in [0.15, 0.2) is 0 Å². The van der Waals surface area contributed by atoms with Crippen molar-refractivity contribution in [2.75, 3.05) is 14.1 Å². The van der Waals surface area contributed by atoms with Crippen LogP contribution in [0.2, 0.25) is 0 Å². The summed E-state index contributed by atoms with van der Waals surface area (Å²) in [6, 6.07) is 15.5. The summed E-state index contributed by atoms with van der Waals surface area (Å²) in [6.45, 7) is 0. The Morgan fingerprint density at radius 2 is 1.85 bits per heavy atom. The van der Waals surface area contributed by atoms with Gasteiger partial charge in [0.25, 0.3) is 0 Å². The van der Waals surface area contributed by atoms with E-state index >= 15 is 0 Å². The first-order valence-corrected chi connectivity index (χ1v) is 7.29. The maximum atomic E-state index is 10.5. The molecule has 0 aliphatic heterocycles. The van der Waals surface area contributed by atoms with Gasteiger partial charge in [-0.25, -0.2) is 0 Å². The predicted molar refractivity (Wildman–Crippen MR) is 85.0 cm³/mol. The Morgan fingerprint density at radius 1 is 1.10 bits per heavy atom. The van der Waals surface area contributed by atoms with E-state index in [0.29, 0.717) is 12.5 Å². The van der Waals surface area contributed by atoms with Crippen molar-refractivity contribution in [2.24, 2.45) is 0 Å². The molecule has 20 heavy (non-hydrogen) atoms. The minimum atomic E-state index is 0.487. The first-order valence-electron chi connectivity index (χ1n) is 7.29. The summed E-state index contributed by atoms with van der Waals surface area (Å²) in [5, 5.41) is 2.65. The number of carbonyl (C=O) groups excluding carboxylic acids is 1. The molecule has 2 rings (SSSR count). The van der Waals surface area contributed by atoms with Crippen molar-refractivity contribution < 1.29 is 4.79 Å². The van der Waals surface area contributed by atoms with Crippen LogP contribution in [0.1, 0.15) is 24.8 Å². The average Bonchev–Trinajstić information content (AvgIpc) is 2.46. The van der Waals surface area contributed by atoms with Crippen LogP contribution in [0, 0.1) is 0 Å². The molecule has 0 saturated carbocycles. The number of unbranched alkanes of at least 4 members (excludes halogenated alkanes) is 1. The van der Waals surface area contributed by atoms with Crippen LogP contribution in [0.5, 0.6) is 0 Å². The third-order valence-electron chi connectivity index (χ3n) is 3.93. The summed E-state index contributed by atoms with van der Waals surface area (Å²) >= 11 is 0. The van der Waals surface area contributed by atoms with Crippen LogP contribution in [-0.4, -0.2) is 31.3 Å². The summed E-state index contributed by atoms with van der Waals surface area (Å²) in [5.41, 5.74) is 1.40. The molecule has 0 aliphatic rings. The zero-order valence-electron chi connectivity index (χ0n) is 12.4. The lowest BCUT2D eigenvalue weighted by atomic mass is 9.96. The number of carbonyl (C=O) groups is 1. The number of hydrogen-bond acceptors (Lipinski definition) is 2. The van der Waals surface area contributed by atoms with E-state index in [2.05, 4.69) is 61.5 Å². The highest BCUT2D eigenvalue weighted by Gasteiger charge is 2.13. The smallest absolute Gasteiger partial charge is 0.119 e. The molecule has 0 saturated heterocycles. The van der Waals surface area contributed by atoms with Gasteiger partial charge in [0.05, 0.1) is 0 Å². The zero-order valence-corrected chi connectivity index (χ0v) is 12.4. The standard InChI is InChI=1S/C18H23NO/c1-19(2)17(11-5-6-13-20)14-16-10-7-9-15-8-3-4-12-18(15)16/h3-4,7-10,12-13,17H,5-6,11,14H2,1-2H3. The third kappa shape index (κ3) is 3.67. The molecular weight excluding hydrogens is 246 g/mol. The average molecular weight is 269 g/mol. The second-order valence-corrected chi connectivity index (χ2v) is 5.56. The van der Waals surface area contributed by atoms with Crippen molar-refractivity contribution >= 4 is 17.1 Å². The van der Waals surface area contributed by atoms with Gasteiger partial charge in [-0.1, -0.05) is 42.5 Å². The van der Waals surface area contributed by atoms with Crippen molar-refractivity contribution in [3.05, 3.63) is 48.0 Å². The van der Waals surface area contributed by atoms with Gasteiger partial charge < -0.3 is 9.69 Å². The van der Waals surface area contributed by atoms with Gasteiger partial charge in [0.2, 0.25) is 0 Å². The van der Waals surface area contributed by atoms with E-state index in [4.69, 9.17) is 0 Å². The second-order valence-electron chi connectivity index (χ2n) is 5.56. The predicted octanol–water partition coefficient (Wildman–Crippen LogP) is 3.68. The van der Waals surface area contributed by atoms with Gasteiger partial charge in [-0.2, -0.15) is 0 Å². The topological polar surface area (TPSA) is 20.3 Å². The van der Waals surface area contributed by atoms with Crippen LogP contribution in [0.4, 0.5) is 0 Å². The molecule has 2 aromatic rings.